The molecule has 3 aromatic rings. The highest BCUT2D eigenvalue weighted by Gasteiger charge is 2.25. The van der Waals surface area contributed by atoms with Gasteiger partial charge in [0.2, 0.25) is 0 Å². The molecule has 150 valence electrons. The minimum Gasteiger partial charge on any atom is -0.484 e. The maximum atomic E-state index is 12.4. The Morgan fingerprint density at radius 2 is 1.72 bits per heavy atom. The fraction of sp³-hybridized carbons (Fsp3) is 0.292. The van der Waals surface area contributed by atoms with Crippen LogP contribution in [0.4, 0.5) is 0 Å². The van der Waals surface area contributed by atoms with Gasteiger partial charge < -0.3 is 10.1 Å². The van der Waals surface area contributed by atoms with E-state index in [2.05, 4.69) is 52.7 Å². The van der Waals surface area contributed by atoms with E-state index in [1.54, 1.807) is 24.3 Å². The topological polar surface area (TPSA) is 41.6 Å². The molecular weight excluding hydrogens is 384 g/mol. The molecule has 1 saturated heterocycles. The van der Waals surface area contributed by atoms with Crippen molar-refractivity contribution in [2.75, 3.05) is 26.2 Å². The summed E-state index contributed by atoms with van der Waals surface area (Å²) in [4.78, 5) is 14.9. The summed E-state index contributed by atoms with van der Waals surface area (Å²) in [7, 11) is 0. The van der Waals surface area contributed by atoms with Gasteiger partial charge >= 0.3 is 0 Å². The van der Waals surface area contributed by atoms with Crippen molar-refractivity contribution < 1.29 is 9.53 Å². The quantitative estimate of drug-likeness (QED) is 0.609. The normalized spacial score (nSPS) is 15.3. The highest BCUT2D eigenvalue weighted by molar-refractivity contribution is 6.30. The molecule has 1 aliphatic rings. The second kappa shape index (κ2) is 9.29. The van der Waals surface area contributed by atoms with Crippen molar-refractivity contribution in [2.45, 2.75) is 18.9 Å². The average molecular weight is 409 g/mol. The highest BCUT2D eigenvalue weighted by atomic mass is 35.5. The summed E-state index contributed by atoms with van der Waals surface area (Å²) in [6, 6.07) is 22.0. The van der Waals surface area contributed by atoms with Crippen molar-refractivity contribution in [1.29, 1.82) is 0 Å². The summed E-state index contributed by atoms with van der Waals surface area (Å²) in [5.41, 5.74) is 1.27. The Morgan fingerprint density at radius 1 is 1.00 bits per heavy atom. The summed E-state index contributed by atoms with van der Waals surface area (Å²) in [5.74, 6) is 0.513. The lowest BCUT2D eigenvalue weighted by atomic mass is 9.97. The summed E-state index contributed by atoms with van der Waals surface area (Å²) >= 11 is 5.88. The van der Waals surface area contributed by atoms with E-state index in [1.165, 1.54) is 29.2 Å². The summed E-state index contributed by atoms with van der Waals surface area (Å²) in [6.07, 6.45) is 2.41. The maximum Gasteiger partial charge on any atom is 0.258 e. The van der Waals surface area contributed by atoms with Gasteiger partial charge in [-0.2, -0.15) is 0 Å². The van der Waals surface area contributed by atoms with Crippen molar-refractivity contribution >= 4 is 28.3 Å². The van der Waals surface area contributed by atoms with Crippen LogP contribution in [0.2, 0.25) is 5.02 Å². The first-order chi connectivity index (χ1) is 14.2. The van der Waals surface area contributed by atoms with Crippen molar-refractivity contribution in [3.05, 3.63) is 77.3 Å². The molecule has 4 nitrogen and oxygen atoms in total. The minimum absolute atomic E-state index is 0.0100. The van der Waals surface area contributed by atoms with Crippen LogP contribution in [0.5, 0.6) is 5.75 Å². The Morgan fingerprint density at radius 3 is 2.52 bits per heavy atom. The smallest absolute Gasteiger partial charge is 0.258 e. The number of halogens is 1. The first-order valence-corrected chi connectivity index (χ1v) is 10.5. The van der Waals surface area contributed by atoms with Crippen molar-refractivity contribution in [1.82, 2.24) is 10.2 Å². The minimum atomic E-state index is -0.121. The van der Waals surface area contributed by atoms with Gasteiger partial charge in [0.1, 0.15) is 5.75 Å². The van der Waals surface area contributed by atoms with E-state index in [4.69, 9.17) is 16.3 Å². The molecule has 0 aromatic heterocycles. The molecule has 0 bridgehead atoms. The van der Waals surface area contributed by atoms with Gasteiger partial charge in [0.25, 0.3) is 5.91 Å². The molecule has 1 N–H and O–H groups in total. The lowest BCUT2D eigenvalue weighted by Crippen LogP contribution is -2.38. The van der Waals surface area contributed by atoms with E-state index in [9.17, 15) is 4.79 Å². The number of amides is 1. The Hall–Kier alpha value is -2.56. The maximum absolute atomic E-state index is 12.4. The Balaban J connectivity index is 1.45. The third-order valence-corrected chi connectivity index (χ3v) is 5.69. The number of hydrogen-bond donors (Lipinski definition) is 1. The van der Waals surface area contributed by atoms with Crippen LogP contribution in [-0.4, -0.2) is 37.0 Å². The molecule has 4 rings (SSSR count). The van der Waals surface area contributed by atoms with Crippen molar-refractivity contribution in [2.24, 2.45) is 0 Å². The molecule has 0 saturated carbocycles. The summed E-state index contributed by atoms with van der Waals surface area (Å²) in [5, 5.41) is 6.19. The van der Waals surface area contributed by atoms with Crippen LogP contribution in [-0.2, 0) is 4.79 Å². The van der Waals surface area contributed by atoms with Crippen LogP contribution in [0.3, 0.4) is 0 Å². The molecule has 1 atom stereocenters. The van der Waals surface area contributed by atoms with Crippen molar-refractivity contribution in [3.8, 4) is 5.75 Å². The number of fused-ring (bicyclic) bond motifs is 1. The highest BCUT2D eigenvalue weighted by Crippen LogP contribution is 2.30. The van der Waals surface area contributed by atoms with Gasteiger partial charge in [0, 0.05) is 11.6 Å². The fourth-order valence-electron chi connectivity index (χ4n) is 3.97. The zero-order valence-corrected chi connectivity index (χ0v) is 17.1. The van der Waals surface area contributed by atoms with Gasteiger partial charge in [-0.05, 0) is 66.5 Å². The molecule has 0 aliphatic carbocycles. The second-order valence-electron chi connectivity index (χ2n) is 7.37. The van der Waals surface area contributed by atoms with Gasteiger partial charge in [-0.3, -0.25) is 9.69 Å². The average Bonchev–Trinajstić information content (AvgIpc) is 3.28. The molecule has 1 amide bonds. The number of benzene rings is 3. The molecule has 0 spiro atoms. The van der Waals surface area contributed by atoms with Gasteiger partial charge in [-0.1, -0.05) is 54.1 Å². The molecule has 1 fully saturated rings. The van der Waals surface area contributed by atoms with Crippen LogP contribution < -0.4 is 10.1 Å². The SMILES string of the molecule is O=C(COc1ccc(Cl)cc1)NC[C@@H](c1cccc2ccccc12)N1CCCC1. The molecule has 0 radical (unpaired) electrons. The van der Waals surface area contributed by atoms with Crippen LogP contribution in [0.25, 0.3) is 10.8 Å². The molecule has 5 heteroatoms. The van der Waals surface area contributed by atoms with Gasteiger partial charge in [0.05, 0.1) is 6.04 Å². The van der Waals surface area contributed by atoms with E-state index in [1.807, 2.05) is 0 Å². The number of likely N-dealkylation sites (tertiary alicyclic amines) is 1. The van der Waals surface area contributed by atoms with Gasteiger partial charge in [-0.25, -0.2) is 0 Å². The van der Waals surface area contributed by atoms with Crippen LogP contribution in [0.1, 0.15) is 24.4 Å². The third-order valence-electron chi connectivity index (χ3n) is 5.44. The molecule has 29 heavy (non-hydrogen) atoms. The second-order valence-corrected chi connectivity index (χ2v) is 7.81. The third kappa shape index (κ3) is 4.89. The van der Waals surface area contributed by atoms with E-state index in [-0.39, 0.29) is 18.6 Å². The van der Waals surface area contributed by atoms with E-state index in [0.717, 1.165) is 13.1 Å². The first kappa shape index (κ1) is 19.7. The van der Waals surface area contributed by atoms with E-state index < -0.39 is 0 Å². The number of hydrogen-bond acceptors (Lipinski definition) is 3. The predicted molar refractivity (Wildman–Crippen MR) is 117 cm³/mol. The monoisotopic (exact) mass is 408 g/mol. The lowest BCUT2D eigenvalue weighted by molar-refractivity contribution is -0.123. The predicted octanol–water partition coefficient (Wildman–Crippen LogP) is 4.83. The van der Waals surface area contributed by atoms with Crippen LogP contribution >= 0.6 is 11.6 Å². The number of carbonyl (C=O) groups excluding carboxylic acids is 1. The summed E-state index contributed by atoms with van der Waals surface area (Å²) < 4.78 is 5.57. The zero-order chi connectivity index (χ0) is 20.1. The standard InChI is InChI=1S/C24H25ClN2O2/c25-19-10-12-20(13-11-19)29-17-24(28)26-16-23(27-14-3-4-15-27)22-9-5-7-18-6-1-2-8-21(18)22/h1-2,5-13,23H,3-4,14-17H2,(H,26,28)/t23-/m0/s1. The van der Waals surface area contributed by atoms with Gasteiger partial charge in [0.15, 0.2) is 6.61 Å². The largest absolute Gasteiger partial charge is 0.484 e. The number of ether oxygens (including phenoxy) is 1. The van der Waals surface area contributed by atoms with Gasteiger partial charge in [-0.15, -0.1) is 0 Å². The lowest BCUT2D eigenvalue weighted by Gasteiger charge is -2.29. The molecule has 0 unspecified atom stereocenters. The number of rotatable bonds is 7. The number of nitrogens with one attached hydrogen (secondary N) is 1. The van der Waals surface area contributed by atoms with E-state index >= 15 is 0 Å². The Bertz CT molecular complexity index is 963. The zero-order valence-electron chi connectivity index (χ0n) is 16.3. The molecular formula is C24H25ClN2O2. The number of carbonyl (C=O) groups is 1. The van der Waals surface area contributed by atoms with Crippen LogP contribution in [0, 0.1) is 0 Å². The Kier molecular flexibility index (Phi) is 6.33. The number of nitrogens with zero attached hydrogens (tertiary/aromatic N) is 1. The van der Waals surface area contributed by atoms with Crippen LogP contribution in [0.15, 0.2) is 66.7 Å². The Labute approximate surface area is 176 Å². The van der Waals surface area contributed by atoms with Crippen molar-refractivity contribution in [3.63, 3.8) is 0 Å². The molecule has 1 aliphatic heterocycles. The fourth-order valence-corrected chi connectivity index (χ4v) is 4.10. The first-order valence-electron chi connectivity index (χ1n) is 10.1. The molecule has 1 heterocycles. The van der Waals surface area contributed by atoms with E-state index in [0.29, 0.717) is 17.3 Å². The summed E-state index contributed by atoms with van der Waals surface area (Å²) in [6.45, 7) is 2.68. The molecule has 3 aromatic carbocycles.